The van der Waals surface area contributed by atoms with Crippen molar-refractivity contribution in [2.24, 2.45) is 7.05 Å². The molecule has 2 unspecified atom stereocenters. The molecule has 2 atom stereocenters. The van der Waals surface area contributed by atoms with Crippen LogP contribution in [-0.4, -0.2) is 37.7 Å². The Morgan fingerprint density at radius 1 is 1.41 bits per heavy atom. The highest BCUT2D eigenvalue weighted by Crippen LogP contribution is 2.30. The van der Waals surface area contributed by atoms with Gasteiger partial charge in [0.1, 0.15) is 5.65 Å². The number of anilines is 1. The molecule has 7 heteroatoms. The van der Waals surface area contributed by atoms with Gasteiger partial charge in [0.25, 0.3) is 0 Å². The normalized spacial score (nSPS) is 19.7. The molecular formula is C20H24N6O. The first-order valence-corrected chi connectivity index (χ1v) is 9.28. The highest BCUT2D eigenvalue weighted by Gasteiger charge is 2.23. The van der Waals surface area contributed by atoms with Gasteiger partial charge in [-0.05, 0) is 43.9 Å². The van der Waals surface area contributed by atoms with Crippen LogP contribution in [0.2, 0.25) is 0 Å². The zero-order valence-electron chi connectivity index (χ0n) is 15.4. The summed E-state index contributed by atoms with van der Waals surface area (Å²) in [5.74, 6) is -0.0984. The summed E-state index contributed by atoms with van der Waals surface area (Å²) in [7, 11) is 1.90. The van der Waals surface area contributed by atoms with E-state index in [1.807, 2.05) is 31.7 Å². The van der Waals surface area contributed by atoms with E-state index in [0.717, 1.165) is 53.7 Å². The quantitative estimate of drug-likeness (QED) is 0.607. The number of carbonyl (C=O) groups excluding carboxylic acids is 1. The second-order valence-corrected chi connectivity index (χ2v) is 7.12. The zero-order chi connectivity index (χ0) is 18.8. The molecule has 3 aromatic rings. The monoisotopic (exact) mass is 364 g/mol. The lowest BCUT2D eigenvalue weighted by molar-refractivity contribution is -0.117. The minimum Gasteiger partial charge on any atom is -0.382 e. The maximum Gasteiger partial charge on any atom is 0.243 e. The van der Waals surface area contributed by atoms with Crippen molar-refractivity contribution >= 4 is 22.6 Å². The van der Waals surface area contributed by atoms with Crippen molar-refractivity contribution in [1.82, 2.24) is 25.1 Å². The summed E-state index contributed by atoms with van der Waals surface area (Å²) in [6, 6.07) is 4.63. The fourth-order valence-corrected chi connectivity index (χ4v) is 3.80. The molecule has 0 aromatic carbocycles. The van der Waals surface area contributed by atoms with E-state index in [-0.39, 0.29) is 11.9 Å². The number of hydrogen-bond acceptors (Lipinski definition) is 4. The zero-order valence-corrected chi connectivity index (χ0v) is 15.4. The fourth-order valence-electron chi connectivity index (χ4n) is 3.80. The number of H-pyrrole nitrogens is 1. The van der Waals surface area contributed by atoms with Crippen molar-refractivity contribution in [2.45, 2.75) is 37.8 Å². The molecular weight excluding hydrogens is 340 g/mol. The van der Waals surface area contributed by atoms with Crippen LogP contribution in [0.4, 0.5) is 5.69 Å². The lowest BCUT2D eigenvalue weighted by atomic mass is 9.90. The summed E-state index contributed by atoms with van der Waals surface area (Å²) in [5, 5.41) is 12.0. The van der Waals surface area contributed by atoms with Gasteiger partial charge in [0, 0.05) is 48.2 Å². The van der Waals surface area contributed by atoms with Gasteiger partial charge < -0.3 is 15.6 Å². The minimum atomic E-state index is -0.0984. The number of carbonyl (C=O) groups is 1. The third-order valence-electron chi connectivity index (χ3n) is 5.11. The van der Waals surface area contributed by atoms with Gasteiger partial charge in [0.2, 0.25) is 5.91 Å². The van der Waals surface area contributed by atoms with Crippen molar-refractivity contribution in [2.75, 3.05) is 5.32 Å². The highest BCUT2D eigenvalue weighted by molar-refractivity contribution is 5.93. The molecule has 140 valence electrons. The third kappa shape index (κ3) is 3.72. The molecule has 1 fully saturated rings. The Morgan fingerprint density at radius 2 is 2.26 bits per heavy atom. The third-order valence-corrected chi connectivity index (χ3v) is 5.11. The van der Waals surface area contributed by atoms with E-state index < -0.39 is 0 Å². The van der Waals surface area contributed by atoms with Crippen molar-refractivity contribution in [3.8, 4) is 11.3 Å². The number of nitrogens with one attached hydrogen (secondary N) is 3. The van der Waals surface area contributed by atoms with Crippen molar-refractivity contribution in [1.29, 1.82) is 0 Å². The highest BCUT2D eigenvalue weighted by atomic mass is 16.1. The van der Waals surface area contributed by atoms with Gasteiger partial charge in [-0.3, -0.25) is 9.48 Å². The fraction of sp³-hybridized carbons (Fsp3) is 0.350. The SMILES string of the molecule is C=CC(=O)NC1CCCC(Nc2ccnc3[nH]c(-c4cnn(C)c4)cc23)C1. The summed E-state index contributed by atoms with van der Waals surface area (Å²) in [4.78, 5) is 19.4. The summed E-state index contributed by atoms with van der Waals surface area (Å²) in [6.45, 7) is 3.53. The van der Waals surface area contributed by atoms with Crippen molar-refractivity contribution in [3.05, 3.63) is 43.4 Å². The van der Waals surface area contributed by atoms with E-state index in [1.54, 1.807) is 4.68 Å². The molecule has 0 spiro atoms. The lowest BCUT2D eigenvalue weighted by Gasteiger charge is -2.30. The summed E-state index contributed by atoms with van der Waals surface area (Å²) in [6.07, 6.45) is 11.1. The molecule has 0 aliphatic heterocycles. The first-order chi connectivity index (χ1) is 13.1. The predicted octanol–water partition coefficient (Wildman–Crippen LogP) is 2.99. The summed E-state index contributed by atoms with van der Waals surface area (Å²) >= 11 is 0. The summed E-state index contributed by atoms with van der Waals surface area (Å²) < 4.78 is 1.78. The molecule has 0 radical (unpaired) electrons. The number of nitrogens with zero attached hydrogens (tertiary/aromatic N) is 3. The molecule has 4 rings (SSSR count). The molecule has 7 nitrogen and oxygen atoms in total. The molecule has 27 heavy (non-hydrogen) atoms. The number of aryl methyl sites for hydroxylation is 1. The Balaban J connectivity index is 1.54. The second-order valence-electron chi connectivity index (χ2n) is 7.12. The van der Waals surface area contributed by atoms with E-state index in [0.29, 0.717) is 6.04 Å². The Labute approximate surface area is 157 Å². The van der Waals surface area contributed by atoms with E-state index in [4.69, 9.17) is 0 Å². The largest absolute Gasteiger partial charge is 0.382 e. The number of aromatic amines is 1. The van der Waals surface area contributed by atoms with E-state index >= 15 is 0 Å². The van der Waals surface area contributed by atoms with Crippen molar-refractivity contribution in [3.63, 3.8) is 0 Å². The maximum atomic E-state index is 11.6. The molecule has 3 N–H and O–H groups in total. The minimum absolute atomic E-state index is 0.0984. The van der Waals surface area contributed by atoms with Crippen LogP contribution in [0.15, 0.2) is 43.4 Å². The Kier molecular flexibility index (Phi) is 4.66. The van der Waals surface area contributed by atoms with Crippen LogP contribution in [0.25, 0.3) is 22.3 Å². The maximum absolute atomic E-state index is 11.6. The molecule has 3 heterocycles. The van der Waals surface area contributed by atoms with Gasteiger partial charge in [-0.25, -0.2) is 4.98 Å². The number of hydrogen-bond donors (Lipinski definition) is 3. The molecule has 1 aliphatic carbocycles. The van der Waals surface area contributed by atoms with Crippen LogP contribution in [-0.2, 0) is 11.8 Å². The lowest BCUT2D eigenvalue weighted by Crippen LogP contribution is -2.41. The first-order valence-electron chi connectivity index (χ1n) is 9.28. The van der Waals surface area contributed by atoms with Crippen LogP contribution in [0, 0.1) is 0 Å². The van der Waals surface area contributed by atoms with Gasteiger partial charge in [0.15, 0.2) is 0 Å². The number of amides is 1. The Hall–Kier alpha value is -3.09. The molecule has 1 aliphatic rings. The van der Waals surface area contributed by atoms with Crippen LogP contribution >= 0.6 is 0 Å². The summed E-state index contributed by atoms with van der Waals surface area (Å²) in [5.41, 5.74) is 3.95. The molecule has 3 aromatic heterocycles. The van der Waals surface area contributed by atoms with Gasteiger partial charge in [-0.15, -0.1) is 0 Å². The topological polar surface area (TPSA) is 87.6 Å². The van der Waals surface area contributed by atoms with Gasteiger partial charge in [0.05, 0.1) is 11.9 Å². The standard InChI is InChI=1S/C20H24N6O/c1-3-19(27)24-15-6-4-5-14(9-15)23-17-7-8-21-20-16(17)10-18(25-20)13-11-22-26(2)12-13/h3,7-8,10-12,14-15H,1,4-6,9H2,2H3,(H,24,27)(H2,21,23,25). The number of aromatic nitrogens is 4. The Bertz CT molecular complexity index is 972. The van der Waals surface area contributed by atoms with Crippen molar-refractivity contribution < 1.29 is 4.79 Å². The molecule has 1 saturated carbocycles. The molecule has 0 bridgehead atoms. The number of fused-ring (bicyclic) bond motifs is 1. The van der Waals surface area contributed by atoms with E-state index in [2.05, 4.69) is 38.3 Å². The van der Waals surface area contributed by atoms with Crippen LogP contribution in [0.5, 0.6) is 0 Å². The number of rotatable bonds is 5. The van der Waals surface area contributed by atoms with Crippen LogP contribution < -0.4 is 10.6 Å². The van der Waals surface area contributed by atoms with E-state index in [9.17, 15) is 4.79 Å². The predicted molar refractivity (Wildman–Crippen MR) is 106 cm³/mol. The number of pyridine rings is 1. The second kappa shape index (κ2) is 7.26. The smallest absolute Gasteiger partial charge is 0.243 e. The Morgan fingerprint density at radius 3 is 3.04 bits per heavy atom. The van der Waals surface area contributed by atoms with Gasteiger partial charge in [-0.2, -0.15) is 5.10 Å². The average molecular weight is 364 g/mol. The first kappa shape index (κ1) is 17.3. The van der Waals surface area contributed by atoms with Gasteiger partial charge in [-0.1, -0.05) is 6.58 Å². The molecule has 0 saturated heterocycles. The van der Waals surface area contributed by atoms with Crippen LogP contribution in [0.1, 0.15) is 25.7 Å². The van der Waals surface area contributed by atoms with Crippen LogP contribution in [0.3, 0.4) is 0 Å². The average Bonchev–Trinajstić information content (AvgIpc) is 3.28. The van der Waals surface area contributed by atoms with Gasteiger partial charge >= 0.3 is 0 Å². The van der Waals surface area contributed by atoms with E-state index in [1.165, 1.54) is 6.08 Å². The molecule has 1 amide bonds.